The SMILES string of the molecule is CN(CC(O)COCc1ccccc1)C(=O)C1CC(O)CN1. The van der Waals surface area contributed by atoms with Crippen LogP contribution in [0.2, 0.25) is 0 Å². The molecule has 6 nitrogen and oxygen atoms in total. The predicted octanol–water partition coefficient (Wildman–Crippen LogP) is -0.255. The highest BCUT2D eigenvalue weighted by molar-refractivity contribution is 5.82. The normalized spacial score (nSPS) is 22.5. The molecule has 0 saturated carbocycles. The molecule has 122 valence electrons. The fraction of sp³-hybridized carbons (Fsp3) is 0.562. The van der Waals surface area contributed by atoms with Gasteiger partial charge in [0.05, 0.1) is 31.5 Å². The molecule has 0 aromatic heterocycles. The summed E-state index contributed by atoms with van der Waals surface area (Å²) >= 11 is 0. The molecule has 1 aliphatic heterocycles. The number of likely N-dealkylation sites (N-methyl/N-ethyl adjacent to an activating group) is 1. The van der Waals surface area contributed by atoms with Crippen molar-refractivity contribution in [2.75, 3.05) is 26.7 Å². The summed E-state index contributed by atoms with van der Waals surface area (Å²) in [5.74, 6) is -0.112. The molecule has 3 unspecified atom stereocenters. The Morgan fingerprint density at radius 2 is 2.18 bits per heavy atom. The number of rotatable bonds is 7. The molecular weight excluding hydrogens is 284 g/mol. The van der Waals surface area contributed by atoms with E-state index in [0.717, 1.165) is 5.56 Å². The lowest BCUT2D eigenvalue weighted by molar-refractivity contribution is -0.133. The number of carbonyl (C=O) groups excluding carboxylic acids is 1. The standard InChI is InChI=1S/C16H24N2O4/c1-18(16(21)15-7-13(19)8-17-15)9-14(20)11-22-10-12-5-3-2-4-6-12/h2-6,13-15,17,19-20H,7-11H2,1H3. The smallest absolute Gasteiger partial charge is 0.239 e. The first-order chi connectivity index (χ1) is 10.6. The van der Waals surface area contributed by atoms with E-state index in [1.165, 1.54) is 4.90 Å². The third kappa shape index (κ3) is 5.06. The third-order valence-electron chi connectivity index (χ3n) is 3.69. The van der Waals surface area contributed by atoms with Crippen LogP contribution in [0.25, 0.3) is 0 Å². The minimum absolute atomic E-state index is 0.112. The number of aliphatic hydroxyl groups is 2. The Morgan fingerprint density at radius 1 is 1.45 bits per heavy atom. The summed E-state index contributed by atoms with van der Waals surface area (Å²) in [7, 11) is 1.65. The summed E-state index contributed by atoms with van der Waals surface area (Å²) in [6, 6.07) is 9.36. The summed E-state index contributed by atoms with van der Waals surface area (Å²) in [6.45, 7) is 1.26. The van der Waals surface area contributed by atoms with E-state index in [0.29, 0.717) is 19.6 Å². The van der Waals surface area contributed by atoms with E-state index in [1.54, 1.807) is 7.05 Å². The first-order valence-electron chi connectivity index (χ1n) is 7.52. The number of nitrogens with zero attached hydrogens (tertiary/aromatic N) is 1. The number of benzene rings is 1. The molecule has 1 fully saturated rings. The number of β-amino-alcohol motifs (C(OH)–C–C–N with tert-alkyl or cyclic N) is 1. The van der Waals surface area contributed by atoms with Gasteiger partial charge >= 0.3 is 0 Å². The minimum atomic E-state index is -0.732. The highest BCUT2D eigenvalue weighted by Crippen LogP contribution is 2.09. The van der Waals surface area contributed by atoms with Crippen molar-refractivity contribution in [3.63, 3.8) is 0 Å². The zero-order valence-electron chi connectivity index (χ0n) is 12.8. The fourth-order valence-electron chi connectivity index (χ4n) is 2.52. The van der Waals surface area contributed by atoms with Crippen LogP contribution in [0.3, 0.4) is 0 Å². The maximum atomic E-state index is 12.1. The van der Waals surface area contributed by atoms with E-state index < -0.39 is 12.2 Å². The second-order valence-corrected chi connectivity index (χ2v) is 5.72. The van der Waals surface area contributed by atoms with Gasteiger partial charge in [-0.3, -0.25) is 4.79 Å². The van der Waals surface area contributed by atoms with Gasteiger partial charge in [-0.05, 0) is 12.0 Å². The average molecular weight is 308 g/mol. The Morgan fingerprint density at radius 3 is 2.82 bits per heavy atom. The van der Waals surface area contributed by atoms with Crippen LogP contribution in [0.4, 0.5) is 0 Å². The van der Waals surface area contributed by atoms with Gasteiger partial charge in [0.15, 0.2) is 0 Å². The number of ether oxygens (including phenoxy) is 1. The number of nitrogens with one attached hydrogen (secondary N) is 1. The van der Waals surface area contributed by atoms with Gasteiger partial charge in [-0.1, -0.05) is 30.3 Å². The quantitative estimate of drug-likeness (QED) is 0.647. The van der Waals surface area contributed by atoms with Gasteiger partial charge in [-0.15, -0.1) is 0 Å². The number of amides is 1. The Labute approximate surface area is 130 Å². The van der Waals surface area contributed by atoms with E-state index >= 15 is 0 Å². The largest absolute Gasteiger partial charge is 0.392 e. The Balaban J connectivity index is 1.67. The molecule has 3 N–H and O–H groups in total. The zero-order valence-corrected chi connectivity index (χ0v) is 12.8. The molecule has 0 radical (unpaired) electrons. The summed E-state index contributed by atoms with van der Waals surface area (Å²) in [5, 5.41) is 22.4. The van der Waals surface area contributed by atoms with Gasteiger partial charge in [-0.2, -0.15) is 0 Å². The predicted molar refractivity (Wildman–Crippen MR) is 82.2 cm³/mol. The van der Waals surface area contributed by atoms with E-state index in [4.69, 9.17) is 4.74 Å². The van der Waals surface area contributed by atoms with Crippen molar-refractivity contribution < 1.29 is 19.7 Å². The molecule has 1 heterocycles. The van der Waals surface area contributed by atoms with Crippen LogP contribution in [0.15, 0.2) is 30.3 Å². The van der Waals surface area contributed by atoms with Crippen molar-refractivity contribution in [1.82, 2.24) is 10.2 Å². The van der Waals surface area contributed by atoms with Gasteiger partial charge in [0, 0.05) is 20.1 Å². The molecule has 1 aromatic carbocycles. The van der Waals surface area contributed by atoms with Gasteiger partial charge in [0.2, 0.25) is 5.91 Å². The monoisotopic (exact) mass is 308 g/mol. The van der Waals surface area contributed by atoms with Crippen molar-refractivity contribution in [1.29, 1.82) is 0 Å². The van der Waals surface area contributed by atoms with E-state index in [-0.39, 0.29) is 25.1 Å². The van der Waals surface area contributed by atoms with E-state index in [1.807, 2.05) is 30.3 Å². The molecule has 1 saturated heterocycles. The molecule has 6 heteroatoms. The average Bonchev–Trinajstić information content (AvgIpc) is 2.94. The molecule has 0 spiro atoms. The zero-order chi connectivity index (χ0) is 15.9. The minimum Gasteiger partial charge on any atom is -0.392 e. The van der Waals surface area contributed by atoms with Crippen LogP contribution in [0.5, 0.6) is 0 Å². The molecule has 2 rings (SSSR count). The number of aliphatic hydroxyl groups excluding tert-OH is 2. The maximum Gasteiger partial charge on any atom is 0.239 e. The highest BCUT2D eigenvalue weighted by Gasteiger charge is 2.30. The summed E-state index contributed by atoms with van der Waals surface area (Å²) < 4.78 is 5.46. The van der Waals surface area contributed by atoms with Gasteiger partial charge in [-0.25, -0.2) is 0 Å². The van der Waals surface area contributed by atoms with Gasteiger partial charge in [0.25, 0.3) is 0 Å². The number of hydrogen-bond donors (Lipinski definition) is 3. The number of hydrogen-bond acceptors (Lipinski definition) is 5. The molecule has 1 aliphatic rings. The van der Waals surface area contributed by atoms with Crippen molar-refractivity contribution in [2.24, 2.45) is 0 Å². The topological polar surface area (TPSA) is 82.0 Å². The van der Waals surface area contributed by atoms with Crippen molar-refractivity contribution in [3.8, 4) is 0 Å². The van der Waals surface area contributed by atoms with Crippen LogP contribution >= 0.6 is 0 Å². The van der Waals surface area contributed by atoms with Crippen LogP contribution in [-0.2, 0) is 16.1 Å². The molecule has 22 heavy (non-hydrogen) atoms. The Bertz CT molecular complexity index is 468. The lowest BCUT2D eigenvalue weighted by Gasteiger charge is -2.23. The van der Waals surface area contributed by atoms with Crippen LogP contribution in [-0.4, -0.2) is 66.0 Å². The maximum absolute atomic E-state index is 12.1. The highest BCUT2D eigenvalue weighted by atomic mass is 16.5. The van der Waals surface area contributed by atoms with Crippen LogP contribution in [0.1, 0.15) is 12.0 Å². The van der Waals surface area contributed by atoms with Gasteiger partial charge < -0.3 is 25.2 Å². The van der Waals surface area contributed by atoms with Crippen molar-refractivity contribution in [3.05, 3.63) is 35.9 Å². The first kappa shape index (κ1) is 16.9. The molecule has 0 bridgehead atoms. The molecule has 0 aliphatic carbocycles. The van der Waals surface area contributed by atoms with Crippen molar-refractivity contribution >= 4 is 5.91 Å². The second kappa shape index (κ2) is 8.24. The summed E-state index contributed by atoms with van der Waals surface area (Å²) in [6.07, 6.45) is -0.783. The van der Waals surface area contributed by atoms with Crippen LogP contribution in [0, 0.1) is 0 Å². The molecular formula is C16H24N2O4. The van der Waals surface area contributed by atoms with Crippen LogP contribution < -0.4 is 5.32 Å². The lowest BCUT2D eigenvalue weighted by Crippen LogP contribution is -2.45. The first-order valence-corrected chi connectivity index (χ1v) is 7.52. The van der Waals surface area contributed by atoms with Crippen molar-refractivity contribution in [2.45, 2.75) is 31.3 Å². The third-order valence-corrected chi connectivity index (χ3v) is 3.69. The summed E-state index contributed by atoms with van der Waals surface area (Å²) in [4.78, 5) is 13.6. The summed E-state index contributed by atoms with van der Waals surface area (Å²) in [5.41, 5.74) is 1.04. The second-order valence-electron chi connectivity index (χ2n) is 5.72. The Hall–Kier alpha value is -1.47. The molecule has 1 aromatic rings. The van der Waals surface area contributed by atoms with E-state index in [2.05, 4.69) is 5.32 Å². The Kier molecular flexibility index (Phi) is 6.33. The van der Waals surface area contributed by atoms with Gasteiger partial charge in [0.1, 0.15) is 0 Å². The lowest BCUT2D eigenvalue weighted by atomic mass is 10.2. The van der Waals surface area contributed by atoms with E-state index in [9.17, 15) is 15.0 Å². The number of carbonyl (C=O) groups is 1. The molecule has 3 atom stereocenters. The fourth-order valence-corrected chi connectivity index (χ4v) is 2.52. The molecule has 1 amide bonds.